The lowest BCUT2D eigenvalue weighted by molar-refractivity contribution is -0.125. The van der Waals surface area contributed by atoms with Crippen LogP contribution in [0.4, 0.5) is 4.79 Å². The predicted molar refractivity (Wildman–Crippen MR) is 86.6 cm³/mol. The number of aryl methyl sites for hydroxylation is 1. The number of nitrogens with zero attached hydrogens (tertiary/aromatic N) is 1. The third-order valence-corrected chi connectivity index (χ3v) is 3.60. The maximum atomic E-state index is 11.8. The van der Waals surface area contributed by atoms with E-state index >= 15 is 0 Å². The summed E-state index contributed by atoms with van der Waals surface area (Å²) < 4.78 is 0. The number of nitrogens with one attached hydrogen (secondary N) is 2. The molecule has 0 bridgehead atoms. The van der Waals surface area contributed by atoms with Crippen molar-refractivity contribution in [1.82, 2.24) is 15.5 Å². The zero-order valence-corrected chi connectivity index (χ0v) is 13.2. The van der Waals surface area contributed by atoms with Crippen molar-refractivity contribution < 1.29 is 14.4 Å². The van der Waals surface area contributed by atoms with Crippen molar-refractivity contribution in [2.24, 2.45) is 0 Å². The molecule has 0 saturated carbocycles. The molecule has 6 nitrogen and oxygen atoms in total. The Morgan fingerprint density at radius 2 is 2.04 bits per heavy atom. The molecular formula is C17H21N3O3. The van der Waals surface area contributed by atoms with Crippen LogP contribution in [0.5, 0.6) is 0 Å². The van der Waals surface area contributed by atoms with E-state index in [1.54, 1.807) is 6.08 Å². The lowest BCUT2D eigenvalue weighted by Gasteiger charge is -2.12. The topological polar surface area (TPSA) is 78.5 Å². The summed E-state index contributed by atoms with van der Waals surface area (Å²) in [5.74, 6) is -0.471. The summed E-state index contributed by atoms with van der Waals surface area (Å²) in [5.41, 5.74) is 2.22. The van der Waals surface area contributed by atoms with Crippen LogP contribution < -0.4 is 10.6 Å². The zero-order chi connectivity index (χ0) is 16.7. The SMILES string of the molecule is C/C(=C\C(=O)NCCN1C(=O)CNC1=O)CCc1ccccc1. The number of imide groups is 1. The summed E-state index contributed by atoms with van der Waals surface area (Å²) in [7, 11) is 0. The van der Waals surface area contributed by atoms with E-state index in [0.29, 0.717) is 0 Å². The first kappa shape index (κ1) is 16.7. The summed E-state index contributed by atoms with van der Waals surface area (Å²) in [6.45, 7) is 2.39. The van der Waals surface area contributed by atoms with E-state index in [9.17, 15) is 14.4 Å². The van der Waals surface area contributed by atoms with Gasteiger partial charge >= 0.3 is 6.03 Å². The average Bonchev–Trinajstić information content (AvgIpc) is 2.86. The molecule has 4 amide bonds. The fourth-order valence-corrected chi connectivity index (χ4v) is 2.31. The Labute approximate surface area is 135 Å². The summed E-state index contributed by atoms with van der Waals surface area (Å²) in [6.07, 6.45) is 3.26. The largest absolute Gasteiger partial charge is 0.351 e. The molecule has 1 fully saturated rings. The summed E-state index contributed by atoms with van der Waals surface area (Å²) in [6, 6.07) is 9.69. The second-order valence-corrected chi connectivity index (χ2v) is 5.47. The van der Waals surface area contributed by atoms with Crippen LogP contribution in [-0.4, -0.2) is 42.4 Å². The minimum atomic E-state index is -0.404. The van der Waals surface area contributed by atoms with Gasteiger partial charge in [0.2, 0.25) is 11.8 Å². The van der Waals surface area contributed by atoms with Gasteiger partial charge in [0, 0.05) is 19.2 Å². The molecule has 1 aromatic rings. The van der Waals surface area contributed by atoms with E-state index in [0.717, 1.165) is 23.3 Å². The van der Waals surface area contributed by atoms with Gasteiger partial charge in [0.1, 0.15) is 0 Å². The Morgan fingerprint density at radius 3 is 2.70 bits per heavy atom. The Bertz CT molecular complexity index is 595. The Morgan fingerprint density at radius 1 is 1.30 bits per heavy atom. The molecule has 0 unspecified atom stereocenters. The number of amides is 4. The smallest absolute Gasteiger partial charge is 0.324 e. The van der Waals surface area contributed by atoms with Crippen LogP contribution in [0.2, 0.25) is 0 Å². The molecule has 6 heteroatoms. The second-order valence-electron chi connectivity index (χ2n) is 5.47. The van der Waals surface area contributed by atoms with Gasteiger partial charge < -0.3 is 10.6 Å². The second kappa shape index (κ2) is 8.12. The molecule has 1 heterocycles. The lowest BCUT2D eigenvalue weighted by Crippen LogP contribution is -2.38. The van der Waals surface area contributed by atoms with Gasteiger partial charge in [-0.25, -0.2) is 4.79 Å². The number of hydrogen-bond donors (Lipinski definition) is 2. The van der Waals surface area contributed by atoms with Gasteiger partial charge in [-0.1, -0.05) is 35.9 Å². The highest BCUT2D eigenvalue weighted by Gasteiger charge is 2.27. The van der Waals surface area contributed by atoms with Crippen molar-refractivity contribution in [1.29, 1.82) is 0 Å². The highest BCUT2D eigenvalue weighted by molar-refractivity contribution is 6.02. The van der Waals surface area contributed by atoms with Crippen molar-refractivity contribution in [2.45, 2.75) is 19.8 Å². The third kappa shape index (κ3) is 5.25. The van der Waals surface area contributed by atoms with Gasteiger partial charge in [-0.2, -0.15) is 0 Å². The first-order valence-electron chi connectivity index (χ1n) is 7.63. The lowest BCUT2D eigenvalue weighted by atomic mass is 10.1. The molecule has 0 spiro atoms. The van der Waals surface area contributed by atoms with Crippen LogP contribution in [0.15, 0.2) is 42.0 Å². The summed E-state index contributed by atoms with van der Waals surface area (Å²) in [5, 5.41) is 5.13. The molecule has 0 atom stereocenters. The monoisotopic (exact) mass is 315 g/mol. The van der Waals surface area contributed by atoms with Gasteiger partial charge in [0.25, 0.3) is 0 Å². The predicted octanol–water partition coefficient (Wildman–Crippen LogP) is 1.23. The standard InChI is InChI=1S/C17H21N3O3/c1-13(7-8-14-5-3-2-4-6-14)11-15(21)18-9-10-20-16(22)12-19-17(20)23/h2-6,11H,7-10,12H2,1H3,(H,18,21)(H,19,23)/b13-11+. The molecule has 2 N–H and O–H groups in total. The molecule has 0 aromatic heterocycles. The Balaban J connectivity index is 1.70. The minimum absolute atomic E-state index is 0.0330. The van der Waals surface area contributed by atoms with Crippen LogP contribution in [-0.2, 0) is 16.0 Å². The van der Waals surface area contributed by atoms with Gasteiger partial charge in [0.15, 0.2) is 0 Å². The quantitative estimate of drug-likeness (QED) is 0.587. The molecule has 0 radical (unpaired) electrons. The maximum absolute atomic E-state index is 11.8. The highest BCUT2D eigenvalue weighted by atomic mass is 16.2. The van der Waals surface area contributed by atoms with Gasteiger partial charge in [-0.3, -0.25) is 14.5 Å². The number of carbonyl (C=O) groups excluding carboxylic acids is 3. The van der Waals surface area contributed by atoms with Crippen molar-refractivity contribution >= 4 is 17.8 Å². The van der Waals surface area contributed by atoms with Crippen molar-refractivity contribution in [2.75, 3.05) is 19.6 Å². The highest BCUT2D eigenvalue weighted by Crippen LogP contribution is 2.08. The van der Waals surface area contributed by atoms with E-state index in [1.807, 2.05) is 25.1 Å². The van der Waals surface area contributed by atoms with Gasteiger partial charge in [-0.15, -0.1) is 0 Å². The van der Waals surface area contributed by atoms with Gasteiger partial charge in [-0.05, 0) is 25.3 Å². The number of hydrogen-bond acceptors (Lipinski definition) is 3. The fraction of sp³-hybridized carbons (Fsp3) is 0.353. The molecule has 1 aliphatic rings. The normalized spacial score (nSPS) is 14.8. The van der Waals surface area contributed by atoms with Crippen LogP contribution in [0, 0.1) is 0 Å². The number of urea groups is 1. The van der Waals surface area contributed by atoms with Crippen molar-refractivity contribution in [3.05, 3.63) is 47.5 Å². The maximum Gasteiger partial charge on any atom is 0.324 e. The van der Waals surface area contributed by atoms with E-state index in [4.69, 9.17) is 0 Å². The van der Waals surface area contributed by atoms with Gasteiger partial charge in [0.05, 0.1) is 6.54 Å². The zero-order valence-electron chi connectivity index (χ0n) is 13.2. The van der Waals surface area contributed by atoms with Crippen LogP contribution in [0.25, 0.3) is 0 Å². The van der Waals surface area contributed by atoms with Crippen LogP contribution in [0.1, 0.15) is 18.9 Å². The molecule has 1 saturated heterocycles. The first-order chi connectivity index (χ1) is 11.1. The number of benzene rings is 1. The number of carbonyl (C=O) groups is 3. The van der Waals surface area contributed by atoms with Crippen molar-refractivity contribution in [3.8, 4) is 0 Å². The first-order valence-corrected chi connectivity index (χ1v) is 7.63. The molecule has 122 valence electrons. The molecule has 23 heavy (non-hydrogen) atoms. The number of rotatable bonds is 7. The molecule has 1 aromatic carbocycles. The van der Waals surface area contributed by atoms with E-state index < -0.39 is 6.03 Å². The van der Waals surface area contributed by atoms with E-state index in [2.05, 4.69) is 22.8 Å². The van der Waals surface area contributed by atoms with Crippen molar-refractivity contribution in [3.63, 3.8) is 0 Å². The van der Waals surface area contributed by atoms with E-state index in [1.165, 1.54) is 5.56 Å². The minimum Gasteiger partial charge on any atom is -0.351 e. The Hall–Kier alpha value is -2.63. The Kier molecular flexibility index (Phi) is 5.91. The average molecular weight is 315 g/mol. The summed E-state index contributed by atoms with van der Waals surface area (Å²) in [4.78, 5) is 35.6. The van der Waals surface area contributed by atoms with Crippen LogP contribution >= 0.6 is 0 Å². The fourth-order valence-electron chi connectivity index (χ4n) is 2.31. The molecular weight excluding hydrogens is 294 g/mol. The number of allylic oxidation sites excluding steroid dienone is 1. The van der Waals surface area contributed by atoms with E-state index in [-0.39, 0.29) is 31.4 Å². The molecule has 2 rings (SSSR count). The summed E-state index contributed by atoms with van der Waals surface area (Å²) >= 11 is 0. The van der Waals surface area contributed by atoms with Crippen LogP contribution in [0.3, 0.4) is 0 Å². The molecule has 0 aliphatic carbocycles. The third-order valence-electron chi connectivity index (χ3n) is 3.60. The molecule has 1 aliphatic heterocycles.